The summed E-state index contributed by atoms with van der Waals surface area (Å²) in [4.78, 5) is 11.9. The third-order valence-corrected chi connectivity index (χ3v) is 4.31. The fourth-order valence-electron chi connectivity index (χ4n) is 2.45. The first-order chi connectivity index (χ1) is 8.24. The molecule has 1 rings (SSSR count). The summed E-state index contributed by atoms with van der Waals surface area (Å²) in [5, 5.41) is 4.19. The lowest BCUT2D eigenvalue weighted by Crippen LogP contribution is -2.33. The fourth-order valence-corrected chi connectivity index (χ4v) is 2.85. The molecule has 0 aromatic rings. The van der Waals surface area contributed by atoms with E-state index in [9.17, 15) is 4.79 Å². The minimum atomic E-state index is 0.300. The molecule has 0 aromatic heterocycles. The van der Waals surface area contributed by atoms with E-state index in [0.717, 1.165) is 37.1 Å². The van der Waals surface area contributed by atoms with Crippen LogP contribution >= 0.6 is 15.9 Å². The molecule has 0 atom stereocenters. The Hall–Kier alpha value is -0.0500. The highest BCUT2D eigenvalue weighted by atomic mass is 79.9. The first kappa shape index (κ1) is 15.0. The monoisotopic (exact) mass is 303 g/mol. The first-order valence-electron chi connectivity index (χ1n) is 7.07. The number of hydrogen-bond donors (Lipinski definition) is 1. The Morgan fingerprint density at radius 3 is 2.41 bits per heavy atom. The molecule has 1 amide bonds. The maximum Gasteiger partial charge on any atom is 0.223 e. The standard InChI is InChI=1S/C14H26BrNO/c1-12-6-8-13(9-7-12)14(17)16-11-5-3-2-4-10-15/h12-13H,2-11H2,1H3,(H,16,17). The van der Waals surface area contributed by atoms with Crippen molar-refractivity contribution >= 4 is 21.8 Å². The number of hydrogen-bond acceptors (Lipinski definition) is 1. The molecule has 2 nitrogen and oxygen atoms in total. The van der Waals surface area contributed by atoms with Crippen molar-refractivity contribution in [3.8, 4) is 0 Å². The third kappa shape index (κ3) is 6.44. The number of carbonyl (C=O) groups is 1. The Labute approximate surface area is 114 Å². The number of nitrogens with one attached hydrogen (secondary N) is 1. The second kappa shape index (κ2) is 8.96. The zero-order valence-corrected chi connectivity index (χ0v) is 12.6. The summed E-state index contributed by atoms with van der Waals surface area (Å²) in [5.41, 5.74) is 0. The van der Waals surface area contributed by atoms with Crippen molar-refractivity contribution < 1.29 is 4.79 Å². The summed E-state index contributed by atoms with van der Waals surface area (Å²) < 4.78 is 0. The Bertz CT molecular complexity index is 212. The molecule has 3 heteroatoms. The number of halogens is 1. The molecule has 1 N–H and O–H groups in total. The molecule has 0 unspecified atom stereocenters. The molecule has 0 aromatic carbocycles. The molecular formula is C14H26BrNO. The van der Waals surface area contributed by atoms with Crippen LogP contribution in [-0.2, 0) is 4.79 Å². The van der Waals surface area contributed by atoms with Gasteiger partial charge in [0.15, 0.2) is 0 Å². The maximum atomic E-state index is 11.9. The lowest BCUT2D eigenvalue weighted by molar-refractivity contribution is -0.126. The summed E-state index contributed by atoms with van der Waals surface area (Å²) in [7, 11) is 0. The van der Waals surface area contributed by atoms with E-state index < -0.39 is 0 Å². The van der Waals surface area contributed by atoms with Crippen LogP contribution < -0.4 is 5.32 Å². The van der Waals surface area contributed by atoms with Gasteiger partial charge < -0.3 is 5.32 Å². The Balaban J connectivity index is 2.01. The Morgan fingerprint density at radius 2 is 1.76 bits per heavy atom. The summed E-state index contributed by atoms with van der Waals surface area (Å²) in [6.45, 7) is 3.16. The topological polar surface area (TPSA) is 29.1 Å². The van der Waals surface area contributed by atoms with Crippen molar-refractivity contribution in [2.75, 3.05) is 11.9 Å². The van der Waals surface area contributed by atoms with Gasteiger partial charge in [0.1, 0.15) is 0 Å². The highest BCUT2D eigenvalue weighted by molar-refractivity contribution is 9.09. The van der Waals surface area contributed by atoms with Crippen LogP contribution in [0.4, 0.5) is 0 Å². The van der Waals surface area contributed by atoms with Crippen molar-refractivity contribution in [3.05, 3.63) is 0 Å². The van der Waals surface area contributed by atoms with E-state index in [-0.39, 0.29) is 0 Å². The predicted octanol–water partition coefficient (Wildman–Crippen LogP) is 3.88. The van der Waals surface area contributed by atoms with Gasteiger partial charge in [-0.2, -0.15) is 0 Å². The van der Waals surface area contributed by atoms with Crippen molar-refractivity contribution in [3.63, 3.8) is 0 Å². The maximum absolute atomic E-state index is 11.9. The molecule has 1 aliphatic rings. The summed E-state index contributed by atoms with van der Waals surface area (Å²) in [6, 6.07) is 0. The molecule has 17 heavy (non-hydrogen) atoms. The van der Waals surface area contributed by atoms with Crippen molar-refractivity contribution in [2.24, 2.45) is 11.8 Å². The molecule has 100 valence electrons. The molecule has 0 radical (unpaired) electrons. The zero-order valence-electron chi connectivity index (χ0n) is 11.0. The van der Waals surface area contributed by atoms with Crippen LogP contribution in [0.5, 0.6) is 0 Å². The number of carbonyl (C=O) groups excluding carboxylic acids is 1. The van der Waals surface area contributed by atoms with Crippen LogP contribution in [0.1, 0.15) is 58.3 Å². The second-order valence-corrected chi connectivity index (χ2v) is 6.14. The SMILES string of the molecule is CC1CCC(C(=O)NCCCCCCBr)CC1. The molecule has 1 aliphatic carbocycles. The largest absolute Gasteiger partial charge is 0.356 e. The summed E-state index contributed by atoms with van der Waals surface area (Å²) >= 11 is 3.43. The van der Waals surface area contributed by atoms with Crippen LogP contribution in [0.3, 0.4) is 0 Å². The molecule has 0 aliphatic heterocycles. The normalized spacial score (nSPS) is 24.6. The van der Waals surface area contributed by atoms with Gasteiger partial charge in [-0.3, -0.25) is 4.79 Å². The van der Waals surface area contributed by atoms with Crippen LogP contribution in [-0.4, -0.2) is 17.8 Å². The Kier molecular flexibility index (Phi) is 7.91. The van der Waals surface area contributed by atoms with Crippen LogP contribution in [0.2, 0.25) is 0 Å². The van der Waals surface area contributed by atoms with E-state index in [0.29, 0.717) is 11.8 Å². The van der Waals surface area contributed by atoms with E-state index in [1.807, 2.05) is 0 Å². The van der Waals surface area contributed by atoms with Gasteiger partial charge in [-0.25, -0.2) is 0 Å². The minimum Gasteiger partial charge on any atom is -0.356 e. The molecule has 0 spiro atoms. The molecule has 0 bridgehead atoms. The molecule has 1 saturated carbocycles. The van der Waals surface area contributed by atoms with Gasteiger partial charge >= 0.3 is 0 Å². The predicted molar refractivity (Wildman–Crippen MR) is 76.4 cm³/mol. The molecule has 0 heterocycles. The van der Waals surface area contributed by atoms with E-state index >= 15 is 0 Å². The molecule has 1 fully saturated rings. The molecular weight excluding hydrogens is 278 g/mol. The van der Waals surface area contributed by atoms with Gasteiger partial charge in [0.25, 0.3) is 0 Å². The zero-order chi connectivity index (χ0) is 12.5. The highest BCUT2D eigenvalue weighted by Gasteiger charge is 2.23. The lowest BCUT2D eigenvalue weighted by Gasteiger charge is -2.25. The van der Waals surface area contributed by atoms with Crippen molar-refractivity contribution in [2.45, 2.75) is 58.3 Å². The third-order valence-electron chi connectivity index (χ3n) is 3.75. The average molecular weight is 304 g/mol. The highest BCUT2D eigenvalue weighted by Crippen LogP contribution is 2.28. The number of unbranched alkanes of at least 4 members (excludes halogenated alkanes) is 3. The van der Waals surface area contributed by atoms with Crippen LogP contribution in [0.15, 0.2) is 0 Å². The number of alkyl halides is 1. The number of amides is 1. The summed E-state index contributed by atoms with van der Waals surface area (Å²) in [6.07, 6.45) is 9.51. The number of rotatable bonds is 7. The van der Waals surface area contributed by atoms with Gasteiger partial charge in [0, 0.05) is 17.8 Å². The van der Waals surface area contributed by atoms with Crippen LogP contribution in [0, 0.1) is 11.8 Å². The quantitative estimate of drug-likeness (QED) is 0.561. The fraction of sp³-hybridized carbons (Fsp3) is 0.929. The smallest absolute Gasteiger partial charge is 0.223 e. The second-order valence-electron chi connectivity index (χ2n) is 5.35. The Morgan fingerprint density at radius 1 is 1.12 bits per heavy atom. The van der Waals surface area contributed by atoms with Gasteiger partial charge in [-0.15, -0.1) is 0 Å². The van der Waals surface area contributed by atoms with Crippen molar-refractivity contribution in [1.82, 2.24) is 5.32 Å². The lowest BCUT2D eigenvalue weighted by atomic mass is 9.82. The minimum absolute atomic E-state index is 0.300. The van der Waals surface area contributed by atoms with Gasteiger partial charge in [0.2, 0.25) is 5.91 Å². The van der Waals surface area contributed by atoms with Crippen molar-refractivity contribution in [1.29, 1.82) is 0 Å². The first-order valence-corrected chi connectivity index (χ1v) is 8.20. The molecule has 0 saturated heterocycles. The average Bonchev–Trinajstić information content (AvgIpc) is 2.34. The van der Waals surface area contributed by atoms with E-state index in [2.05, 4.69) is 28.2 Å². The summed E-state index contributed by atoms with van der Waals surface area (Å²) in [5.74, 6) is 1.43. The van der Waals surface area contributed by atoms with E-state index in [1.165, 1.54) is 32.1 Å². The van der Waals surface area contributed by atoms with Gasteiger partial charge in [-0.1, -0.05) is 35.7 Å². The van der Waals surface area contributed by atoms with E-state index in [4.69, 9.17) is 0 Å². The van der Waals surface area contributed by atoms with E-state index in [1.54, 1.807) is 0 Å². The van der Waals surface area contributed by atoms with Gasteiger partial charge in [0.05, 0.1) is 0 Å². The van der Waals surface area contributed by atoms with Crippen LogP contribution in [0.25, 0.3) is 0 Å². The van der Waals surface area contributed by atoms with Gasteiger partial charge in [-0.05, 0) is 44.4 Å².